The molecule has 29 heavy (non-hydrogen) atoms. The van der Waals surface area contributed by atoms with E-state index in [2.05, 4.69) is 5.32 Å². The third kappa shape index (κ3) is 5.46. The Bertz CT molecular complexity index is 998. The van der Waals surface area contributed by atoms with E-state index in [0.29, 0.717) is 32.9 Å². The van der Waals surface area contributed by atoms with Crippen molar-refractivity contribution in [2.75, 3.05) is 30.1 Å². The van der Waals surface area contributed by atoms with Gasteiger partial charge in [-0.2, -0.15) is 0 Å². The fourth-order valence-corrected chi connectivity index (χ4v) is 4.47. The number of hydrogen-bond acceptors (Lipinski definition) is 5. The molecule has 2 rings (SSSR count). The van der Waals surface area contributed by atoms with Gasteiger partial charge in [0.15, 0.2) is 0 Å². The first-order valence-electron chi connectivity index (χ1n) is 8.59. The topological polar surface area (TPSA) is 84.9 Å². The Kier molecular flexibility index (Phi) is 7.62. The summed E-state index contributed by atoms with van der Waals surface area (Å²) in [6.07, 6.45) is 1.26. The van der Waals surface area contributed by atoms with E-state index in [4.69, 9.17) is 32.7 Å². The molecule has 7 nitrogen and oxygen atoms in total. The molecule has 1 amide bonds. The van der Waals surface area contributed by atoms with Gasteiger partial charge < -0.3 is 14.8 Å². The summed E-state index contributed by atoms with van der Waals surface area (Å²) in [5.41, 5.74) is 0.597. The molecule has 0 aliphatic rings. The summed E-state index contributed by atoms with van der Waals surface area (Å²) >= 11 is 12.1. The number of halogens is 2. The van der Waals surface area contributed by atoms with Gasteiger partial charge in [-0.3, -0.25) is 9.10 Å². The number of nitrogens with one attached hydrogen (secondary N) is 1. The second-order valence-electron chi connectivity index (χ2n) is 6.14. The van der Waals surface area contributed by atoms with Gasteiger partial charge in [-0.15, -0.1) is 0 Å². The van der Waals surface area contributed by atoms with Gasteiger partial charge >= 0.3 is 0 Å². The van der Waals surface area contributed by atoms with Crippen LogP contribution in [0.25, 0.3) is 0 Å². The third-order valence-electron chi connectivity index (χ3n) is 4.12. The highest BCUT2D eigenvalue weighted by Crippen LogP contribution is 2.36. The molecule has 0 radical (unpaired) electrons. The van der Waals surface area contributed by atoms with Crippen LogP contribution in [0.3, 0.4) is 0 Å². The van der Waals surface area contributed by atoms with E-state index in [9.17, 15) is 13.2 Å². The molecule has 1 N–H and O–H groups in total. The lowest BCUT2D eigenvalue weighted by molar-refractivity contribution is -0.117. The van der Waals surface area contributed by atoms with Crippen LogP contribution in [0.4, 0.5) is 11.4 Å². The second kappa shape index (κ2) is 9.56. The number of rotatable bonds is 8. The summed E-state index contributed by atoms with van der Waals surface area (Å²) in [4.78, 5) is 13.1. The maximum absolute atomic E-state index is 13.1. The number of sulfonamides is 1. The van der Waals surface area contributed by atoms with E-state index in [1.807, 2.05) is 0 Å². The second-order valence-corrected chi connectivity index (χ2v) is 8.84. The zero-order valence-electron chi connectivity index (χ0n) is 16.4. The number of amides is 1. The van der Waals surface area contributed by atoms with E-state index >= 15 is 0 Å². The van der Waals surface area contributed by atoms with E-state index in [0.717, 1.165) is 10.6 Å². The lowest BCUT2D eigenvalue weighted by atomic mass is 10.1. The number of benzene rings is 2. The molecule has 1 atom stereocenters. The van der Waals surface area contributed by atoms with Crippen molar-refractivity contribution in [1.82, 2.24) is 0 Å². The Hall–Kier alpha value is -2.16. The first kappa shape index (κ1) is 23.1. The Balaban J connectivity index is 2.45. The average molecular weight is 461 g/mol. The minimum Gasteiger partial charge on any atom is -0.495 e. The first-order chi connectivity index (χ1) is 13.6. The maximum atomic E-state index is 13.1. The maximum Gasteiger partial charge on any atom is 0.248 e. The van der Waals surface area contributed by atoms with Crippen LogP contribution in [-0.2, 0) is 14.8 Å². The predicted molar refractivity (Wildman–Crippen MR) is 116 cm³/mol. The van der Waals surface area contributed by atoms with Crippen molar-refractivity contribution in [2.45, 2.75) is 19.4 Å². The van der Waals surface area contributed by atoms with Crippen molar-refractivity contribution in [3.63, 3.8) is 0 Å². The number of anilines is 2. The normalized spacial score (nSPS) is 12.2. The summed E-state index contributed by atoms with van der Waals surface area (Å²) in [5.74, 6) is 0.110. The molecule has 0 heterocycles. The van der Waals surface area contributed by atoms with Gasteiger partial charge in [-0.1, -0.05) is 36.2 Å². The van der Waals surface area contributed by atoms with Crippen LogP contribution >= 0.6 is 23.2 Å². The Morgan fingerprint density at radius 2 is 1.79 bits per heavy atom. The first-order valence-corrected chi connectivity index (χ1v) is 11.2. The smallest absolute Gasteiger partial charge is 0.248 e. The summed E-state index contributed by atoms with van der Waals surface area (Å²) in [6, 6.07) is 8.30. The van der Waals surface area contributed by atoms with Crippen LogP contribution in [-0.4, -0.2) is 40.8 Å². The van der Waals surface area contributed by atoms with Gasteiger partial charge in [0.2, 0.25) is 15.9 Å². The van der Waals surface area contributed by atoms with Crippen molar-refractivity contribution in [3.8, 4) is 11.5 Å². The SMILES string of the molecule is CC[C@@H](C(=O)Nc1cc(OC)c(Cl)cc1OC)N(c1cccc(Cl)c1)S(C)(=O)=O. The fourth-order valence-electron chi connectivity index (χ4n) is 2.85. The Labute approximate surface area is 180 Å². The Morgan fingerprint density at radius 3 is 2.31 bits per heavy atom. The molecule has 0 aromatic heterocycles. The van der Waals surface area contributed by atoms with Crippen LogP contribution in [0.2, 0.25) is 10.0 Å². The molecular formula is C19H22Cl2N2O5S. The highest BCUT2D eigenvalue weighted by molar-refractivity contribution is 7.92. The van der Waals surface area contributed by atoms with Crippen LogP contribution in [0.5, 0.6) is 11.5 Å². The van der Waals surface area contributed by atoms with Gasteiger partial charge in [0.25, 0.3) is 0 Å². The summed E-state index contributed by atoms with van der Waals surface area (Å²) in [7, 11) is -0.908. The van der Waals surface area contributed by atoms with Gasteiger partial charge in [0, 0.05) is 17.2 Å². The fraction of sp³-hybridized carbons (Fsp3) is 0.316. The Morgan fingerprint density at radius 1 is 1.14 bits per heavy atom. The van der Waals surface area contributed by atoms with Crippen LogP contribution < -0.4 is 19.1 Å². The molecule has 0 fully saturated rings. The summed E-state index contributed by atoms with van der Waals surface area (Å²) in [6.45, 7) is 1.71. The van der Waals surface area contributed by atoms with Crippen molar-refractivity contribution in [3.05, 3.63) is 46.4 Å². The van der Waals surface area contributed by atoms with Gasteiger partial charge in [0.05, 0.1) is 36.9 Å². The van der Waals surface area contributed by atoms with Gasteiger partial charge in [0.1, 0.15) is 17.5 Å². The molecule has 0 aliphatic heterocycles. The summed E-state index contributed by atoms with van der Waals surface area (Å²) < 4.78 is 36.5. The number of carbonyl (C=O) groups is 1. The third-order valence-corrected chi connectivity index (χ3v) is 5.83. The molecule has 0 unspecified atom stereocenters. The van der Waals surface area contributed by atoms with Crippen LogP contribution in [0.1, 0.15) is 13.3 Å². The predicted octanol–water partition coefficient (Wildman–Crippen LogP) is 4.19. The molecule has 0 aliphatic carbocycles. The van der Waals surface area contributed by atoms with Crippen molar-refractivity contribution < 1.29 is 22.7 Å². The minimum atomic E-state index is -3.78. The number of nitrogens with zero attached hydrogens (tertiary/aromatic N) is 1. The van der Waals surface area contributed by atoms with E-state index < -0.39 is 22.0 Å². The molecule has 158 valence electrons. The molecule has 0 spiro atoms. The summed E-state index contributed by atoms with van der Waals surface area (Å²) in [5, 5.41) is 3.38. The van der Waals surface area contributed by atoms with E-state index in [1.165, 1.54) is 32.4 Å². The minimum absolute atomic E-state index is 0.221. The molecule has 2 aromatic rings. The number of ether oxygens (including phenoxy) is 2. The number of hydrogen-bond donors (Lipinski definition) is 1. The van der Waals surface area contributed by atoms with Crippen LogP contribution in [0.15, 0.2) is 36.4 Å². The zero-order valence-corrected chi connectivity index (χ0v) is 18.7. The monoisotopic (exact) mass is 460 g/mol. The highest BCUT2D eigenvalue weighted by Gasteiger charge is 2.32. The van der Waals surface area contributed by atoms with Crippen molar-refractivity contribution in [1.29, 1.82) is 0 Å². The highest BCUT2D eigenvalue weighted by atomic mass is 35.5. The van der Waals surface area contributed by atoms with Crippen molar-refractivity contribution in [2.24, 2.45) is 0 Å². The van der Waals surface area contributed by atoms with Crippen molar-refractivity contribution >= 4 is 50.5 Å². The molecule has 2 aromatic carbocycles. The molecular weight excluding hydrogens is 439 g/mol. The molecule has 0 saturated carbocycles. The van der Waals surface area contributed by atoms with Gasteiger partial charge in [-0.25, -0.2) is 8.42 Å². The largest absolute Gasteiger partial charge is 0.495 e. The number of methoxy groups -OCH3 is 2. The van der Waals surface area contributed by atoms with Crippen LogP contribution in [0, 0.1) is 0 Å². The number of carbonyl (C=O) groups excluding carboxylic acids is 1. The average Bonchev–Trinajstić information content (AvgIpc) is 2.65. The lowest BCUT2D eigenvalue weighted by Crippen LogP contribution is -2.47. The lowest BCUT2D eigenvalue weighted by Gasteiger charge is -2.30. The quantitative estimate of drug-likeness (QED) is 0.637. The standard InChI is InChI=1S/C19H22Cl2N2O5S/c1-5-16(23(29(4,25)26)13-8-6-7-12(20)9-13)19(24)22-15-11-17(27-2)14(21)10-18(15)28-3/h6-11,16H,5H2,1-4H3,(H,22,24)/t16-/m0/s1. The van der Waals surface area contributed by atoms with Gasteiger partial charge in [-0.05, 0) is 24.6 Å². The van der Waals surface area contributed by atoms with E-state index in [1.54, 1.807) is 25.1 Å². The zero-order chi connectivity index (χ0) is 21.8. The molecule has 10 heteroatoms. The molecule has 0 bridgehead atoms. The molecule has 0 saturated heterocycles. The van der Waals surface area contributed by atoms with E-state index in [-0.39, 0.29) is 6.42 Å².